The molecule has 130 valence electrons. The van der Waals surface area contributed by atoms with Crippen molar-refractivity contribution in [2.45, 2.75) is 19.0 Å². The van der Waals surface area contributed by atoms with Crippen LogP contribution in [0.2, 0.25) is 5.02 Å². The first-order valence-electron chi connectivity index (χ1n) is 7.53. The molecule has 0 fully saturated rings. The third kappa shape index (κ3) is 4.16. The topological polar surface area (TPSA) is 106 Å². The summed E-state index contributed by atoms with van der Waals surface area (Å²) in [5.41, 5.74) is 0.828. The maximum atomic E-state index is 12.4. The van der Waals surface area contributed by atoms with Crippen LogP contribution in [-0.2, 0) is 17.8 Å². The average molecular weight is 363 g/mol. The molecule has 2 aromatic rings. The normalized spacial score (nSPS) is 19.1. The van der Waals surface area contributed by atoms with Gasteiger partial charge in [0.15, 0.2) is 0 Å². The Balaban J connectivity index is 1.94. The molecule has 0 spiro atoms. The molecule has 0 aliphatic carbocycles. The van der Waals surface area contributed by atoms with Crippen LogP contribution < -0.4 is 10.1 Å². The molecule has 9 heteroatoms. The van der Waals surface area contributed by atoms with E-state index in [1.54, 1.807) is 12.3 Å². The van der Waals surface area contributed by atoms with Gasteiger partial charge in [-0.05, 0) is 18.2 Å². The maximum Gasteiger partial charge on any atom is 0.328 e. The Hall–Kier alpha value is -2.87. The third-order valence-electron chi connectivity index (χ3n) is 3.58. The molecule has 0 unspecified atom stereocenters. The second-order valence-corrected chi connectivity index (χ2v) is 5.83. The minimum atomic E-state index is -1.18. The Labute approximate surface area is 148 Å². The van der Waals surface area contributed by atoms with Crippen LogP contribution in [0.1, 0.15) is 16.1 Å². The van der Waals surface area contributed by atoms with Crippen molar-refractivity contribution in [3.63, 3.8) is 0 Å². The number of aromatic nitrogens is 3. The van der Waals surface area contributed by atoms with Crippen molar-refractivity contribution in [1.29, 1.82) is 0 Å². The third-order valence-corrected chi connectivity index (χ3v) is 3.91. The number of carbonyl (C=O) groups is 2. The highest BCUT2D eigenvalue weighted by Gasteiger charge is 2.23. The van der Waals surface area contributed by atoms with E-state index in [-0.39, 0.29) is 17.1 Å². The molecule has 1 atom stereocenters. The van der Waals surface area contributed by atoms with Crippen LogP contribution in [0.15, 0.2) is 36.5 Å². The Kier molecular flexibility index (Phi) is 4.99. The molecular formula is C16H15ClN4O4. The largest absolute Gasteiger partial charge is 0.490 e. The van der Waals surface area contributed by atoms with Gasteiger partial charge in [-0.25, -0.2) is 9.48 Å². The van der Waals surface area contributed by atoms with Gasteiger partial charge in [0, 0.05) is 12.6 Å². The number of halogens is 1. The number of hydrogen-bond acceptors (Lipinski definition) is 5. The smallest absolute Gasteiger partial charge is 0.328 e. The lowest BCUT2D eigenvalue weighted by atomic mass is 10.1. The highest BCUT2D eigenvalue weighted by Crippen LogP contribution is 2.22. The molecule has 0 saturated heterocycles. The standard InChI is InChI=1S/C16H15ClN4O4/c17-13-5-4-11-7-12(13)15(22)18-14(16(23)24)9-21-8-10(19-20-21)3-1-2-6-25-11/h1-2,4-5,7-8,14H,3,6,9H2,(H,18,22)(H,23,24)/b2-1+/t14-/m0/s1. The number of carboxylic acid groups (broad SMARTS) is 1. The summed E-state index contributed by atoms with van der Waals surface area (Å²) in [5.74, 6) is -1.32. The van der Waals surface area contributed by atoms with Gasteiger partial charge in [-0.15, -0.1) is 5.10 Å². The molecule has 2 N–H and O–H groups in total. The second-order valence-electron chi connectivity index (χ2n) is 5.42. The van der Waals surface area contributed by atoms with Crippen molar-refractivity contribution in [1.82, 2.24) is 20.3 Å². The maximum absolute atomic E-state index is 12.4. The van der Waals surface area contributed by atoms with Crippen molar-refractivity contribution in [2.24, 2.45) is 0 Å². The zero-order valence-corrected chi connectivity index (χ0v) is 13.8. The summed E-state index contributed by atoms with van der Waals surface area (Å²) >= 11 is 6.06. The first-order valence-corrected chi connectivity index (χ1v) is 7.91. The summed E-state index contributed by atoms with van der Waals surface area (Å²) in [5, 5.41) is 19.9. The Bertz CT molecular complexity index is 833. The van der Waals surface area contributed by atoms with Gasteiger partial charge >= 0.3 is 5.97 Å². The first-order chi connectivity index (χ1) is 12.0. The summed E-state index contributed by atoms with van der Waals surface area (Å²) in [6.07, 6.45) is 5.88. The Morgan fingerprint density at radius 2 is 2.24 bits per heavy atom. The number of allylic oxidation sites excluding steroid dienone is 1. The van der Waals surface area contributed by atoms with Crippen LogP contribution in [0.3, 0.4) is 0 Å². The molecular weight excluding hydrogens is 348 g/mol. The van der Waals surface area contributed by atoms with Crippen molar-refractivity contribution in [2.75, 3.05) is 6.61 Å². The predicted molar refractivity (Wildman–Crippen MR) is 88.7 cm³/mol. The van der Waals surface area contributed by atoms with Gasteiger partial charge in [-0.2, -0.15) is 0 Å². The van der Waals surface area contributed by atoms with E-state index in [0.29, 0.717) is 24.5 Å². The summed E-state index contributed by atoms with van der Waals surface area (Å²) in [7, 11) is 0. The molecule has 25 heavy (non-hydrogen) atoms. The van der Waals surface area contributed by atoms with Gasteiger partial charge in [0.25, 0.3) is 5.91 Å². The zero-order valence-electron chi connectivity index (χ0n) is 13.1. The highest BCUT2D eigenvalue weighted by molar-refractivity contribution is 6.34. The van der Waals surface area contributed by atoms with Gasteiger partial charge in [0.1, 0.15) is 18.4 Å². The number of nitrogens with one attached hydrogen (secondary N) is 1. The molecule has 1 aromatic carbocycles. The SMILES string of the molecule is O=C1N[C@H](C(=O)O)Cn2cc(nn2)C/C=C/COc2ccc(Cl)c1c2. The first kappa shape index (κ1) is 17.0. The Morgan fingerprint density at radius 1 is 1.40 bits per heavy atom. The fourth-order valence-corrected chi connectivity index (χ4v) is 2.52. The van der Waals surface area contributed by atoms with Crippen LogP contribution in [0.4, 0.5) is 0 Å². The number of carbonyl (C=O) groups excluding carboxylic acids is 1. The molecule has 1 aliphatic rings. The van der Waals surface area contributed by atoms with Crippen molar-refractivity contribution in [3.05, 3.63) is 52.8 Å². The van der Waals surface area contributed by atoms with Gasteiger partial charge in [0.2, 0.25) is 0 Å². The van der Waals surface area contributed by atoms with E-state index >= 15 is 0 Å². The molecule has 0 radical (unpaired) electrons. The van der Waals surface area contributed by atoms with E-state index in [1.807, 2.05) is 12.2 Å². The summed E-state index contributed by atoms with van der Waals surface area (Å²) in [4.78, 5) is 23.9. The van der Waals surface area contributed by atoms with Crippen LogP contribution in [0.5, 0.6) is 5.75 Å². The number of fused-ring (bicyclic) bond motifs is 4. The quantitative estimate of drug-likeness (QED) is 0.741. The Morgan fingerprint density at radius 3 is 3.04 bits per heavy atom. The fraction of sp³-hybridized carbons (Fsp3) is 0.250. The van der Waals surface area contributed by atoms with Crippen molar-refractivity contribution >= 4 is 23.5 Å². The van der Waals surface area contributed by atoms with Gasteiger partial charge < -0.3 is 15.2 Å². The van der Waals surface area contributed by atoms with E-state index in [4.69, 9.17) is 16.3 Å². The highest BCUT2D eigenvalue weighted by atomic mass is 35.5. The van der Waals surface area contributed by atoms with E-state index in [9.17, 15) is 14.7 Å². The number of aliphatic carboxylic acids is 1. The molecule has 8 nitrogen and oxygen atoms in total. The lowest BCUT2D eigenvalue weighted by Crippen LogP contribution is -2.43. The minimum Gasteiger partial charge on any atom is -0.490 e. The number of hydrogen-bond donors (Lipinski definition) is 2. The number of benzene rings is 1. The minimum absolute atomic E-state index is 0.0500. The molecule has 1 aliphatic heterocycles. The molecule has 1 aromatic heterocycles. The zero-order chi connectivity index (χ0) is 17.8. The summed E-state index contributed by atoms with van der Waals surface area (Å²) < 4.78 is 6.94. The molecule has 2 heterocycles. The number of rotatable bonds is 1. The number of ether oxygens (including phenoxy) is 1. The van der Waals surface area contributed by atoms with Crippen LogP contribution in [0, 0.1) is 0 Å². The fourth-order valence-electron chi connectivity index (χ4n) is 2.31. The van der Waals surface area contributed by atoms with E-state index in [1.165, 1.54) is 16.8 Å². The van der Waals surface area contributed by atoms with Crippen molar-refractivity contribution in [3.8, 4) is 5.75 Å². The average Bonchev–Trinajstić information content (AvgIpc) is 3.01. The second kappa shape index (κ2) is 7.35. The summed E-state index contributed by atoms with van der Waals surface area (Å²) in [6, 6.07) is 3.48. The lowest BCUT2D eigenvalue weighted by molar-refractivity contribution is -0.139. The predicted octanol–water partition coefficient (Wildman–Crippen LogP) is 1.31. The number of amides is 1. The van der Waals surface area contributed by atoms with Crippen LogP contribution >= 0.6 is 11.6 Å². The molecule has 3 rings (SSSR count). The molecule has 4 bridgehead atoms. The molecule has 1 amide bonds. The molecule has 0 saturated carbocycles. The lowest BCUT2D eigenvalue weighted by Gasteiger charge is -2.15. The van der Waals surface area contributed by atoms with Crippen molar-refractivity contribution < 1.29 is 19.4 Å². The number of nitrogens with zero attached hydrogens (tertiary/aromatic N) is 3. The van der Waals surface area contributed by atoms with Crippen LogP contribution in [0.25, 0.3) is 0 Å². The van der Waals surface area contributed by atoms with Gasteiger partial charge in [-0.1, -0.05) is 29.0 Å². The van der Waals surface area contributed by atoms with Crippen LogP contribution in [-0.4, -0.2) is 44.6 Å². The van der Waals surface area contributed by atoms with E-state index < -0.39 is 17.9 Å². The summed E-state index contributed by atoms with van der Waals surface area (Å²) in [6.45, 7) is 0.264. The van der Waals surface area contributed by atoms with Gasteiger partial charge in [-0.3, -0.25) is 4.79 Å². The van der Waals surface area contributed by atoms with Gasteiger partial charge in [0.05, 0.1) is 22.8 Å². The van der Waals surface area contributed by atoms with E-state index in [0.717, 1.165) is 0 Å². The number of carboxylic acids is 1. The monoisotopic (exact) mass is 362 g/mol. The van der Waals surface area contributed by atoms with E-state index in [2.05, 4.69) is 15.6 Å².